The monoisotopic (exact) mass is 319 g/mol. The first-order valence-corrected chi connectivity index (χ1v) is 7.79. The van der Waals surface area contributed by atoms with Crippen LogP contribution in [-0.4, -0.2) is 33.3 Å². The van der Waals surface area contributed by atoms with Crippen molar-refractivity contribution in [3.63, 3.8) is 0 Å². The number of aliphatic hydroxyl groups is 1. The maximum absolute atomic E-state index is 12.1. The van der Waals surface area contributed by atoms with E-state index >= 15 is 0 Å². The van der Waals surface area contributed by atoms with Gasteiger partial charge in [-0.3, -0.25) is 0 Å². The number of halogens is 2. The Labute approximate surface area is 121 Å². The van der Waals surface area contributed by atoms with Crippen molar-refractivity contribution in [2.75, 3.05) is 13.2 Å². The number of nitrogens with one attached hydrogen (secondary N) is 1. The Morgan fingerprint density at radius 3 is 2.76 bits per heavy atom. The van der Waals surface area contributed by atoms with Crippen LogP contribution in [0.4, 0.5) is 8.78 Å². The molecule has 0 heterocycles. The molecule has 1 aromatic rings. The average Bonchev–Trinajstić information content (AvgIpc) is 2.44. The molecular weight excluding hydrogens is 304 g/mol. The first-order chi connectivity index (χ1) is 9.92. The van der Waals surface area contributed by atoms with Gasteiger partial charge >= 0.3 is 6.61 Å². The van der Waals surface area contributed by atoms with Crippen molar-refractivity contribution in [2.24, 2.45) is 0 Å². The van der Waals surface area contributed by atoms with Crippen LogP contribution in [0.3, 0.4) is 0 Å². The molecule has 1 aliphatic carbocycles. The fraction of sp³-hybridized carbons (Fsp3) is 0.385. The van der Waals surface area contributed by atoms with Gasteiger partial charge in [0.05, 0.1) is 11.5 Å². The molecule has 0 radical (unpaired) electrons. The van der Waals surface area contributed by atoms with Crippen molar-refractivity contribution in [1.29, 1.82) is 0 Å². The zero-order chi connectivity index (χ0) is 15.5. The van der Waals surface area contributed by atoms with Crippen LogP contribution in [-0.2, 0) is 16.4 Å². The summed E-state index contributed by atoms with van der Waals surface area (Å²) >= 11 is 0. The number of aliphatic hydroxyl groups excluding tert-OH is 1. The van der Waals surface area contributed by atoms with Gasteiger partial charge in [0.15, 0.2) is 0 Å². The molecule has 21 heavy (non-hydrogen) atoms. The molecule has 0 aromatic heterocycles. The Morgan fingerprint density at radius 2 is 2.10 bits per heavy atom. The number of fused-ring (bicyclic) bond motifs is 1. The smallest absolute Gasteiger partial charge is 0.387 e. The number of alkyl halides is 2. The lowest BCUT2D eigenvalue weighted by molar-refractivity contribution is -0.0498. The summed E-state index contributed by atoms with van der Waals surface area (Å²) in [6.07, 6.45) is 2.19. The van der Waals surface area contributed by atoms with Crippen molar-refractivity contribution in [2.45, 2.75) is 19.5 Å². The van der Waals surface area contributed by atoms with Gasteiger partial charge in [0, 0.05) is 6.54 Å². The maximum Gasteiger partial charge on any atom is 0.387 e. The predicted molar refractivity (Wildman–Crippen MR) is 73.4 cm³/mol. The number of allylic oxidation sites excluding steroid dienone is 1. The molecule has 0 saturated carbocycles. The maximum atomic E-state index is 12.1. The summed E-state index contributed by atoms with van der Waals surface area (Å²) in [6, 6.07) is 4.41. The fourth-order valence-electron chi connectivity index (χ4n) is 2.10. The highest BCUT2D eigenvalue weighted by Crippen LogP contribution is 2.29. The average molecular weight is 319 g/mol. The van der Waals surface area contributed by atoms with Crippen molar-refractivity contribution in [3.8, 4) is 5.75 Å². The summed E-state index contributed by atoms with van der Waals surface area (Å²) in [7, 11) is -3.62. The summed E-state index contributed by atoms with van der Waals surface area (Å²) in [5.74, 6) is 0.0573. The van der Waals surface area contributed by atoms with Gasteiger partial charge in [0.2, 0.25) is 10.0 Å². The third-order valence-corrected chi connectivity index (χ3v) is 4.64. The van der Waals surface area contributed by atoms with Gasteiger partial charge < -0.3 is 9.84 Å². The van der Waals surface area contributed by atoms with Crippen LogP contribution in [0.15, 0.2) is 23.1 Å². The summed E-state index contributed by atoms with van der Waals surface area (Å²) in [5.41, 5.74) is 1.42. The molecule has 0 atom stereocenters. The van der Waals surface area contributed by atoms with E-state index in [1.54, 1.807) is 6.07 Å². The third kappa shape index (κ3) is 3.99. The normalized spacial score (nSPS) is 14.8. The second-order valence-electron chi connectivity index (χ2n) is 4.47. The highest BCUT2D eigenvalue weighted by molar-refractivity contribution is 7.93. The van der Waals surface area contributed by atoms with Crippen molar-refractivity contribution in [3.05, 3.63) is 34.2 Å². The second-order valence-corrected chi connectivity index (χ2v) is 6.29. The first-order valence-electron chi connectivity index (χ1n) is 6.31. The quantitative estimate of drug-likeness (QED) is 0.833. The third-order valence-electron chi connectivity index (χ3n) is 3.05. The molecule has 0 unspecified atom stereocenters. The Balaban J connectivity index is 2.23. The number of ether oxygens (including phenoxy) is 1. The number of sulfonamides is 1. The summed E-state index contributed by atoms with van der Waals surface area (Å²) in [6.45, 7) is -3.22. The van der Waals surface area contributed by atoms with Crippen LogP contribution >= 0.6 is 0 Å². The molecule has 0 aliphatic heterocycles. The minimum Gasteiger partial charge on any atom is -0.435 e. The minimum absolute atomic E-state index is 0.0479. The molecule has 0 bridgehead atoms. The number of hydrogen-bond donors (Lipinski definition) is 2. The Kier molecular flexibility index (Phi) is 4.92. The highest BCUT2D eigenvalue weighted by atomic mass is 32.2. The zero-order valence-corrected chi connectivity index (χ0v) is 11.9. The molecular formula is C13H15F2NO4S. The van der Waals surface area contributed by atoms with Crippen LogP contribution < -0.4 is 9.46 Å². The van der Waals surface area contributed by atoms with E-state index in [0.29, 0.717) is 12.0 Å². The molecule has 5 nitrogen and oxygen atoms in total. The van der Waals surface area contributed by atoms with Crippen LogP contribution in [0.25, 0.3) is 6.08 Å². The van der Waals surface area contributed by atoms with Gasteiger partial charge in [-0.15, -0.1) is 0 Å². The van der Waals surface area contributed by atoms with Gasteiger partial charge in [-0.1, -0.05) is 6.07 Å². The van der Waals surface area contributed by atoms with Crippen LogP contribution in [0, 0.1) is 0 Å². The summed E-state index contributed by atoms with van der Waals surface area (Å²) in [4.78, 5) is 0.214. The molecule has 1 aromatic carbocycles. The van der Waals surface area contributed by atoms with Gasteiger partial charge in [-0.05, 0) is 42.2 Å². The lowest BCUT2D eigenvalue weighted by Crippen LogP contribution is -2.28. The van der Waals surface area contributed by atoms with E-state index in [1.807, 2.05) is 0 Å². The van der Waals surface area contributed by atoms with Crippen molar-refractivity contribution in [1.82, 2.24) is 4.72 Å². The van der Waals surface area contributed by atoms with E-state index in [0.717, 1.165) is 5.56 Å². The first kappa shape index (κ1) is 15.9. The Bertz CT molecular complexity index is 644. The Hall–Kier alpha value is -1.51. The van der Waals surface area contributed by atoms with E-state index in [1.165, 1.54) is 18.2 Å². The Morgan fingerprint density at radius 1 is 1.33 bits per heavy atom. The number of aryl methyl sites for hydroxylation is 1. The molecule has 0 amide bonds. The van der Waals surface area contributed by atoms with Crippen LogP contribution in [0.1, 0.15) is 17.5 Å². The highest BCUT2D eigenvalue weighted by Gasteiger charge is 2.21. The lowest BCUT2D eigenvalue weighted by Gasteiger charge is -2.18. The SMILES string of the molecule is O=S(=O)(NCCO)C1=Cc2ccc(OC(F)F)cc2CC1. The van der Waals surface area contributed by atoms with E-state index in [4.69, 9.17) is 5.11 Å². The predicted octanol–water partition coefficient (Wildman–Crippen LogP) is 1.49. The summed E-state index contributed by atoms with van der Waals surface area (Å²) < 4.78 is 54.8. The number of hydrogen-bond acceptors (Lipinski definition) is 4. The van der Waals surface area contributed by atoms with Gasteiger partial charge in [0.1, 0.15) is 5.75 Å². The van der Waals surface area contributed by atoms with Crippen LogP contribution in [0.2, 0.25) is 0 Å². The van der Waals surface area contributed by atoms with Crippen LogP contribution in [0.5, 0.6) is 5.75 Å². The molecule has 116 valence electrons. The zero-order valence-electron chi connectivity index (χ0n) is 11.1. The standard InChI is InChI=1S/C13H15F2NO4S/c14-13(15)20-11-3-1-10-8-12(4-2-9(10)7-11)21(18,19)16-5-6-17/h1,3,7-8,13,16-17H,2,4-6H2. The molecule has 2 N–H and O–H groups in total. The molecule has 0 fully saturated rings. The van der Waals surface area contributed by atoms with Crippen molar-refractivity contribution < 1.29 is 27.0 Å². The fourth-order valence-corrected chi connectivity index (χ4v) is 3.30. The molecule has 1 aliphatic rings. The molecule has 8 heteroatoms. The van der Waals surface area contributed by atoms with E-state index in [2.05, 4.69) is 9.46 Å². The van der Waals surface area contributed by atoms with E-state index < -0.39 is 16.6 Å². The van der Waals surface area contributed by atoms with E-state index in [9.17, 15) is 17.2 Å². The minimum atomic E-state index is -3.62. The van der Waals surface area contributed by atoms with E-state index in [-0.39, 0.29) is 30.2 Å². The van der Waals surface area contributed by atoms with Gasteiger partial charge in [-0.2, -0.15) is 8.78 Å². The number of benzene rings is 1. The lowest BCUT2D eigenvalue weighted by atomic mass is 9.97. The topological polar surface area (TPSA) is 75.6 Å². The number of rotatable bonds is 6. The van der Waals surface area contributed by atoms with Gasteiger partial charge in [0.25, 0.3) is 0 Å². The van der Waals surface area contributed by atoms with Gasteiger partial charge in [-0.25, -0.2) is 13.1 Å². The largest absolute Gasteiger partial charge is 0.435 e. The molecule has 2 rings (SSSR count). The second kappa shape index (κ2) is 6.50. The molecule has 0 spiro atoms. The molecule has 0 saturated heterocycles. The van der Waals surface area contributed by atoms with Crippen molar-refractivity contribution >= 4 is 16.1 Å². The summed E-state index contributed by atoms with van der Waals surface area (Å²) in [5, 5.41) is 8.67.